The van der Waals surface area contributed by atoms with Gasteiger partial charge >= 0.3 is 0 Å². The van der Waals surface area contributed by atoms with Gasteiger partial charge in [0.15, 0.2) is 0 Å². The molecule has 1 aromatic heterocycles. The predicted octanol–water partition coefficient (Wildman–Crippen LogP) is 5.81. The first-order valence-electron chi connectivity index (χ1n) is 8.52. The lowest BCUT2D eigenvalue weighted by Crippen LogP contribution is -2.12. The second-order valence-corrected chi connectivity index (χ2v) is 6.78. The van der Waals surface area contributed by atoms with Crippen molar-refractivity contribution >= 4 is 34.3 Å². The van der Waals surface area contributed by atoms with E-state index < -0.39 is 0 Å². The van der Waals surface area contributed by atoms with Crippen LogP contribution >= 0.6 is 11.3 Å². The largest absolute Gasteiger partial charge is 0.356 e. The molecule has 0 atom stereocenters. The molecular formula is C22H17N3OS. The molecule has 0 fully saturated rings. The summed E-state index contributed by atoms with van der Waals surface area (Å²) in [5, 5.41) is 8.82. The van der Waals surface area contributed by atoms with Crippen molar-refractivity contribution in [3.05, 3.63) is 96.0 Å². The van der Waals surface area contributed by atoms with Gasteiger partial charge < -0.3 is 10.6 Å². The zero-order valence-corrected chi connectivity index (χ0v) is 15.2. The lowest BCUT2D eigenvalue weighted by Gasteiger charge is -2.08. The number of hydrogen-bond acceptors (Lipinski definition) is 4. The summed E-state index contributed by atoms with van der Waals surface area (Å²) in [6.07, 6.45) is 0. The van der Waals surface area contributed by atoms with Crippen LogP contribution in [-0.4, -0.2) is 10.9 Å². The Morgan fingerprint density at radius 2 is 1.33 bits per heavy atom. The van der Waals surface area contributed by atoms with Gasteiger partial charge in [-0.05, 0) is 36.4 Å². The highest BCUT2D eigenvalue weighted by atomic mass is 32.1. The van der Waals surface area contributed by atoms with Crippen LogP contribution in [0.2, 0.25) is 0 Å². The van der Waals surface area contributed by atoms with Gasteiger partial charge in [-0.25, -0.2) is 4.98 Å². The molecule has 4 rings (SSSR count). The minimum atomic E-state index is -0.211. The first-order valence-corrected chi connectivity index (χ1v) is 9.40. The number of nitrogens with one attached hydrogen (secondary N) is 2. The molecule has 132 valence electrons. The molecule has 4 aromatic rings. The third-order valence-corrected chi connectivity index (χ3v) is 4.85. The number of nitrogens with zero attached hydrogens (tertiary/aromatic N) is 1. The molecule has 3 aromatic carbocycles. The zero-order valence-electron chi connectivity index (χ0n) is 14.4. The number of hydrogen-bond donors (Lipinski definition) is 2. The molecule has 2 N–H and O–H groups in total. The molecule has 0 saturated heterocycles. The molecule has 5 heteroatoms. The van der Waals surface area contributed by atoms with Gasteiger partial charge in [0.25, 0.3) is 5.91 Å². The van der Waals surface area contributed by atoms with Crippen LogP contribution < -0.4 is 10.6 Å². The highest BCUT2D eigenvalue weighted by Crippen LogP contribution is 2.24. The molecule has 0 spiro atoms. The highest BCUT2D eigenvalue weighted by molar-refractivity contribution is 7.13. The molecule has 1 amide bonds. The van der Waals surface area contributed by atoms with E-state index in [0.717, 1.165) is 27.6 Å². The second kappa shape index (κ2) is 7.85. The molecule has 0 bridgehead atoms. The maximum Gasteiger partial charge on any atom is 0.275 e. The third kappa shape index (κ3) is 4.22. The third-order valence-electron chi connectivity index (χ3n) is 3.96. The second-order valence-electron chi connectivity index (χ2n) is 5.93. The number of amides is 1. The Hall–Kier alpha value is -3.44. The molecule has 4 nitrogen and oxygen atoms in total. The van der Waals surface area contributed by atoms with Crippen molar-refractivity contribution in [1.82, 2.24) is 4.98 Å². The Morgan fingerprint density at radius 1 is 0.741 bits per heavy atom. The quantitative estimate of drug-likeness (QED) is 0.466. The molecule has 0 aliphatic heterocycles. The highest BCUT2D eigenvalue weighted by Gasteiger charge is 2.12. The maximum absolute atomic E-state index is 12.5. The van der Waals surface area contributed by atoms with Gasteiger partial charge in [0.05, 0.1) is 0 Å². The van der Waals surface area contributed by atoms with Crippen LogP contribution in [0.15, 0.2) is 90.3 Å². The molecule has 0 unspecified atom stereocenters. The fourth-order valence-corrected chi connectivity index (χ4v) is 3.42. The van der Waals surface area contributed by atoms with Crippen molar-refractivity contribution in [3.63, 3.8) is 0 Å². The standard InChI is InChI=1S/C22H17N3OS/c26-21(20-15-27-22(25-20)16-7-3-1-4-8-16)24-19-13-11-18(12-14-19)23-17-9-5-2-6-10-17/h1-15,23H,(H,24,26). The van der Waals surface area contributed by atoms with Crippen molar-refractivity contribution < 1.29 is 4.79 Å². The summed E-state index contributed by atoms with van der Waals surface area (Å²) >= 11 is 1.46. The average Bonchev–Trinajstić information content (AvgIpc) is 3.21. The number of carbonyl (C=O) groups excluding carboxylic acids is 1. The Balaban J connectivity index is 1.42. The number of anilines is 3. The summed E-state index contributed by atoms with van der Waals surface area (Å²) in [4.78, 5) is 16.9. The van der Waals surface area contributed by atoms with Gasteiger partial charge in [-0.3, -0.25) is 4.79 Å². The summed E-state index contributed by atoms with van der Waals surface area (Å²) in [5.41, 5.74) is 4.14. The normalized spacial score (nSPS) is 10.4. The first-order chi connectivity index (χ1) is 13.3. The van der Waals surface area contributed by atoms with E-state index in [4.69, 9.17) is 0 Å². The van der Waals surface area contributed by atoms with Gasteiger partial charge in [-0.2, -0.15) is 0 Å². The van der Waals surface area contributed by atoms with Crippen molar-refractivity contribution in [2.24, 2.45) is 0 Å². The number of carbonyl (C=O) groups is 1. The summed E-state index contributed by atoms with van der Waals surface area (Å²) in [6.45, 7) is 0. The monoisotopic (exact) mass is 371 g/mol. The fourth-order valence-electron chi connectivity index (χ4n) is 2.61. The molecule has 0 radical (unpaired) electrons. The van der Waals surface area contributed by atoms with E-state index in [0.29, 0.717) is 5.69 Å². The van der Waals surface area contributed by atoms with Gasteiger partial charge in [-0.15, -0.1) is 11.3 Å². The van der Waals surface area contributed by atoms with Gasteiger partial charge in [0.1, 0.15) is 10.7 Å². The van der Waals surface area contributed by atoms with Crippen LogP contribution in [0.25, 0.3) is 10.6 Å². The number of thiazole rings is 1. The van der Waals surface area contributed by atoms with Crippen LogP contribution in [0.4, 0.5) is 17.1 Å². The minimum Gasteiger partial charge on any atom is -0.356 e. The van der Waals surface area contributed by atoms with E-state index in [1.54, 1.807) is 5.38 Å². The van der Waals surface area contributed by atoms with Gasteiger partial charge in [0.2, 0.25) is 0 Å². The van der Waals surface area contributed by atoms with Gasteiger partial charge in [-0.1, -0.05) is 48.5 Å². The Labute approximate surface area is 161 Å². The van der Waals surface area contributed by atoms with E-state index in [2.05, 4.69) is 15.6 Å². The molecule has 0 aliphatic carbocycles. The SMILES string of the molecule is O=C(Nc1ccc(Nc2ccccc2)cc1)c1csc(-c2ccccc2)n1. The number of rotatable bonds is 5. The number of para-hydroxylation sites is 1. The van der Waals surface area contributed by atoms with E-state index in [1.807, 2.05) is 84.9 Å². The lowest BCUT2D eigenvalue weighted by molar-refractivity contribution is 0.102. The first kappa shape index (κ1) is 17.0. The van der Waals surface area contributed by atoms with E-state index in [-0.39, 0.29) is 5.91 Å². The van der Waals surface area contributed by atoms with Gasteiger partial charge in [0, 0.05) is 28.0 Å². The topological polar surface area (TPSA) is 54.0 Å². The smallest absolute Gasteiger partial charge is 0.275 e. The molecule has 0 aliphatic rings. The van der Waals surface area contributed by atoms with E-state index in [1.165, 1.54) is 11.3 Å². The van der Waals surface area contributed by atoms with Crippen LogP contribution in [0.5, 0.6) is 0 Å². The van der Waals surface area contributed by atoms with E-state index >= 15 is 0 Å². The molecule has 0 saturated carbocycles. The summed E-state index contributed by atoms with van der Waals surface area (Å²) < 4.78 is 0. The average molecular weight is 371 g/mol. The van der Waals surface area contributed by atoms with Crippen LogP contribution in [0.1, 0.15) is 10.5 Å². The fraction of sp³-hybridized carbons (Fsp3) is 0. The Kier molecular flexibility index (Phi) is 4.94. The number of aromatic nitrogens is 1. The maximum atomic E-state index is 12.5. The van der Waals surface area contributed by atoms with Crippen molar-refractivity contribution in [3.8, 4) is 10.6 Å². The lowest BCUT2D eigenvalue weighted by atomic mass is 10.2. The summed E-state index contributed by atoms with van der Waals surface area (Å²) in [7, 11) is 0. The zero-order chi connectivity index (χ0) is 18.5. The summed E-state index contributed by atoms with van der Waals surface area (Å²) in [5.74, 6) is -0.211. The molecular weight excluding hydrogens is 354 g/mol. The predicted molar refractivity (Wildman–Crippen MR) is 112 cm³/mol. The van der Waals surface area contributed by atoms with Crippen LogP contribution in [0.3, 0.4) is 0 Å². The van der Waals surface area contributed by atoms with E-state index in [9.17, 15) is 4.79 Å². The summed E-state index contributed by atoms with van der Waals surface area (Å²) in [6, 6.07) is 27.4. The Morgan fingerprint density at radius 3 is 2.04 bits per heavy atom. The van der Waals surface area contributed by atoms with Crippen molar-refractivity contribution in [1.29, 1.82) is 0 Å². The van der Waals surface area contributed by atoms with Crippen LogP contribution in [0, 0.1) is 0 Å². The van der Waals surface area contributed by atoms with Crippen molar-refractivity contribution in [2.75, 3.05) is 10.6 Å². The number of benzene rings is 3. The Bertz CT molecular complexity index is 1030. The molecule has 27 heavy (non-hydrogen) atoms. The van der Waals surface area contributed by atoms with Crippen LogP contribution in [-0.2, 0) is 0 Å². The minimum absolute atomic E-state index is 0.211. The molecule has 1 heterocycles. The van der Waals surface area contributed by atoms with Crippen molar-refractivity contribution in [2.45, 2.75) is 0 Å².